The molecule has 0 saturated heterocycles. The molecule has 0 atom stereocenters. The Morgan fingerprint density at radius 1 is 1.14 bits per heavy atom. The number of hydrazone groups is 1. The number of para-hydroxylation sites is 1. The standard InChI is InChI=1S/C18H15ClN4O4S/c19-14-5-7-15(8-6-14)28(26,27)21-11-17(24)23-20-10-13-9-12-3-1-2-4-16(12)22-18(13)25/h1-10,21H,11H2,(H,22,25)(H,23,24)/b20-10+. The maximum Gasteiger partial charge on any atom is 0.257 e. The molecular formula is C18H15ClN4O4S. The Balaban J connectivity index is 1.60. The molecule has 1 amide bonds. The van der Waals surface area contributed by atoms with Crippen molar-refractivity contribution in [2.75, 3.05) is 6.54 Å². The van der Waals surface area contributed by atoms with Crippen LogP contribution in [0.3, 0.4) is 0 Å². The molecule has 3 rings (SSSR count). The first-order valence-corrected chi connectivity index (χ1v) is 9.90. The lowest BCUT2D eigenvalue weighted by molar-refractivity contribution is -0.119. The number of H-pyrrole nitrogens is 1. The molecule has 1 aromatic heterocycles. The number of benzene rings is 2. The van der Waals surface area contributed by atoms with Gasteiger partial charge in [0.25, 0.3) is 11.5 Å². The van der Waals surface area contributed by atoms with Gasteiger partial charge in [0, 0.05) is 10.5 Å². The minimum atomic E-state index is -3.86. The summed E-state index contributed by atoms with van der Waals surface area (Å²) in [5.74, 6) is -0.689. The molecule has 0 aliphatic rings. The summed E-state index contributed by atoms with van der Waals surface area (Å²) in [5, 5.41) is 4.91. The molecule has 0 unspecified atom stereocenters. The van der Waals surface area contributed by atoms with Crippen LogP contribution in [0.5, 0.6) is 0 Å². The molecule has 28 heavy (non-hydrogen) atoms. The van der Waals surface area contributed by atoms with Crippen LogP contribution in [0.25, 0.3) is 10.9 Å². The molecule has 3 N–H and O–H groups in total. The van der Waals surface area contributed by atoms with Gasteiger partial charge in [-0.15, -0.1) is 0 Å². The second-order valence-electron chi connectivity index (χ2n) is 5.71. The van der Waals surface area contributed by atoms with Crippen LogP contribution in [0.1, 0.15) is 5.56 Å². The molecule has 2 aromatic carbocycles. The fourth-order valence-electron chi connectivity index (χ4n) is 2.33. The molecular weight excluding hydrogens is 404 g/mol. The number of halogens is 1. The van der Waals surface area contributed by atoms with Crippen molar-refractivity contribution in [2.45, 2.75) is 4.90 Å². The minimum absolute atomic E-state index is 0.0177. The van der Waals surface area contributed by atoms with E-state index >= 15 is 0 Å². The smallest absolute Gasteiger partial charge is 0.257 e. The normalized spacial score (nSPS) is 11.8. The van der Waals surface area contributed by atoms with Crippen molar-refractivity contribution in [3.63, 3.8) is 0 Å². The van der Waals surface area contributed by atoms with Gasteiger partial charge in [-0.05, 0) is 41.8 Å². The van der Waals surface area contributed by atoms with Crippen molar-refractivity contribution in [1.82, 2.24) is 15.1 Å². The third-order valence-electron chi connectivity index (χ3n) is 3.72. The zero-order valence-electron chi connectivity index (χ0n) is 14.3. The number of aromatic amines is 1. The zero-order chi connectivity index (χ0) is 20.1. The highest BCUT2D eigenvalue weighted by atomic mass is 35.5. The summed E-state index contributed by atoms with van der Waals surface area (Å²) in [6, 6.07) is 14.4. The van der Waals surface area contributed by atoms with Crippen LogP contribution in [0.15, 0.2) is 69.4 Å². The third-order valence-corrected chi connectivity index (χ3v) is 5.39. The average Bonchev–Trinajstić information content (AvgIpc) is 2.67. The molecule has 0 aliphatic heterocycles. The minimum Gasteiger partial charge on any atom is -0.321 e. The van der Waals surface area contributed by atoms with Crippen LogP contribution >= 0.6 is 11.6 Å². The number of sulfonamides is 1. The van der Waals surface area contributed by atoms with Crippen molar-refractivity contribution >= 4 is 44.6 Å². The predicted octanol–water partition coefficient (Wildman–Crippen LogP) is 1.61. The highest BCUT2D eigenvalue weighted by Crippen LogP contribution is 2.13. The van der Waals surface area contributed by atoms with E-state index in [2.05, 4.69) is 20.2 Å². The quantitative estimate of drug-likeness (QED) is 0.416. The van der Waals surface area contributed by atoms with Gasteiger partial charge in [-0.1, -0.05) is 29.8 Å². The summed E-state index contributed by atoms with van der Waals surface area (Å²) < 4.78 is 26.3. The number of fused-ring (bicyclic) bond motifs is 1. The Bertz CT molecular complexity index is 1200. The number of carbonyl (C=O) groups is 1. The first kappa shape index (κ1) is 19.7. The first-order chi connectivity index (χ1) is 13.3. The van der Waals surface area contributed by atoms with Crippen molar-refractivity contribution in [3.05, 3.63) is 75.5 Å². The summed E-state index contributed by atoms with van der Waals surface area (Å²) in [6.45, 7) is -0.517. The van der Waals surface area contributed by atoms with E-state index in [0.29, 0.717) is 10.5 Å². The summed E-state index contributed by atoms with van der Waals surface area (Å²) in [6.07, 6.45) is 1.19. The summed E-state index contributed by atoms with van der Waals surface area (Å²) in [7, 11) is -3.86. The van der Waals surface area contributed by atoms with E-state index < -0.39 is 22.5 Å². The number of amides is 1. The van der Waals surface area contributed by atoms with Crippen molar-refractivity contribution in [2.24, 2.45) is 5.10 Å². The maximum atomic E-state index is 12.1. The third kappa shape index (κ3) is 4.83. The molecule has 144 valence electrons. The summed E-state index contributed by atoms with van der Waals surface area (Å²) >= 11 is 5.72. The van der Waals surface area contributed by atoms with E-state index in [9.17, 15) is 18.0 Å². The van der Waals surface area contributed by atoms with Crippen molar-refractivity contribution in [3.8, 4) is 0 Å². The Morgan fingerprint density at radius 3 is 2.61 bits per heavy atom. The fraction of sp³-hybridized carbons (Fsp3) is 0.0556. The molecule has 0 fully saturated rings. The van der Waals surface area contributed by atoms with E-state index in [1.165, 1.54) is 30.5 Å². The molecule has 0 spiro atoms. The SMILES string of the molecule is O=C(CNS(=O)(=O)c1ccc(Cl)cc1)N/N=C/c1cc2ccccc2[nH]c1=O. The van der Waals surface area contributed by atoms with Crippen LogP contribution in [0, 0.1) is 0 Å². The summed E-state index contributed by atoms with van der Waals surface area (Å²) in [5.41, 5.74) is 2.74. The van der Waals surface area contributed by atoms with Crippen LogP contribution < -0.4 is 15.7 Å². The number of carbonyl (C=O) groups excluding carboxylic acids is 1. The maximum absolute atomic E-state index is 12.1. The topological polar surface area (TPSA) is 120 Å². The molecule has 0 bridgehead atoms. The molecule has 0 saturated carbocycles. The largest absolute Gasteiger partial charge is 0.321 e. The lowest BCUT2D eigenvalue weighted by atomic mass is 10.2. The number of rotatable bonds is 6. The van der Waals surface area contributed by atoms with Crippen LogP contribution in [0.2, 0.25) is 5.02 Å². The van der Waals surface area contributed by atoms with E-state index in [1.807, 2.05) is 12.1 Å². The number of pyridine rings is 1. The molecule has 3 aromatic rings. The van der Waals surface area contributed by atoms with Gasteiger partial charge < -0.3 is 4.98 Å². The Labute approximate surface area is 165 Å². The van der Waals surface area contributed by atoms with Gasteiger partial charge >= 0.3 is 0 Å². The summed E-state index contributed by atoms with van der Waals surface area (Å²) in [4.78, 5) is 26.5. The highest BCUT2D eigenvalue weighted by Gasteiger charge is 2.15. The predicted molar refractivity (Wildman–Crippen MR) is 107 cm³/mol. The van der Waals surface area contributed by atoms with Crippen LogP contribution in [-0.4, -0.2) is 32.1 Å². The van der Waals surface area contributed by atoms with Gasteiger partial charge in [0.15, 0.2) is 0 Å². The molecule has 0 aliphatic carbocycles. The van der Waals surface area contributed by atoms with Gasteiger partial charge in [-0.2, -0.15) is 5.10 Å². The van der Waals surface area contributed by atoms with Gasteiger partial charge in [-0.3, -0.25) is 9.59 Å². The monoisotopic (exact) mass is 418 g/mol. The van der Waals surface area contributed by atoms with Gasteiger partial charge in [0.05, 0.1) is 23.2 Å². The van der Waals surface area contributed by atoms with Gasteiger partial charge in [-0.25, -0.2) is 18.6 Å². The van der Waals surface area contributed by atoms with Gasteiger partial charge in [0.2, 0.25) is 10.0 Å². The van der Waals surface area contributed by atoms with Crippen LogP contribution in [0.4, 0.5) is 0 Å². The lowest BCUT2D eigenvalue weighted by Crippen LogP contribution is -2.35. The number of nitrogens with one attached hydrogen (secondary N) is 3. The lowest BCUT2D eigenvalue weighted by Gasteiger charge is -2.06. The van der Waals surface area contributed by atoms with E-state index in [1.54, 1.807) is 18.2 Å². The number of hydrogen-bond donors (Lipinski definition) is 3. The Hall–Kier alpha value is -3.01. The molecule has 10 heteroatoms. The molecule has 8 nitrogen and oxygen atoms in total. The Kier molecular flexibility index (Phi) is 5.88. The fourth-order valence-corrected chi connectivity index (χ4v) is 3.44. The number of hydrogen-bond acceptors (Lipinski definition) is 5. The second kappa shape index (κ2) is 8.34. The average molecular weight is 419 g/mol. The number of nitrogens with zero attached hydrogens (tertiary/aromatic N) is 1. The van der Waals surface area contributed by atoms with E-state index in [0.717, 1.165) is 5.39 Å². The Morgan fingerprint density at radius 2 is 1.86 bits per heavy atom. The van der Waals surface area contributed by atoms with Gasteiger partial charge in [0.1, 0.15) is 0 Å². The molecule has 0 radical (unpaired) electrons. The van der Waals surface area contributed by atoms with Crippen molar-refractivity contribution < 1.29 is 13.2 Å². The zero-order valence-corrected chi connectivity index (χ0v) is 15.9. The second-order valence-corrected chi connectivity index (χ2v) is 7.92. The van der Waals surface area contributed by atoms with Crippen molar-refractivity contribution in [1.29, 1.82) is 0 Å². The van der Waals surface area contributed by atoms with E-state index in [4.69, 9.17) is 11.6 Å². The first-order valence-electron chi connectivity index (χ1n) is 8.04. The molecule has 1 heterocycles. The van der Waals surface area contributed by atoms with E-state index in [-0.39, 0.29) is 16.0 Å². The van der Waals surface area contributed by atoms with Crippen LogP contribution in [-0.2, 0) is 14.8 Å². The number of aromatic nitrogens is 1. The highest BCUT2D eigenvalue weighted by molar-refractivity contribution is 7.89.